The van der Waals surface area contributed by atoms with Gasteiger partial charge in [-0.05, 0) is 45.0 Å². The molecular weight excluding hydrogens is 330 g/mol. The van der Waals surface area contributed by atoms with Gasteiger partial charge < -0.3 is 20.3 Å². The number of halogens is 1. The Labute approximate surface area is 149 Å². The molecule has 2 N–H and O–H groups in total. The summed E-state index contributed by atoms with van der Waals surface area (Å²) >= 11 is 0. The molecule has 2 rings (SSSR count). The molecule has 2 atom stereocenters. The molecule has 134 valence electrons. The lowest BCUT2D eigenvalue weighted by atomic mass is 10.1. The van der Waals surface area contributed by atoms with E-state index < -0.39 is 0 Å². The summed E-state index contributed by atoms with van der Waals surface area (Å²) in [6.07, 6.45) is -0.160. The molecule has 0 saturated carbocycles. The fourth-order valence-corrected chi connectivity index (χ4v) is 2.64. The number of carbonyl (C=O) groups is 2. The second-order valence-corrected chi connectivity index (χ2v) is 5.55. The third-order valence-electron chi connectivity index (χ3n) is 4.05. The molecule has 0 spiro atoms. The van der Waals surface area contributed by atoms with Crippen molar-refractivity contribution in [1.29, 1.82) is 0 Å². The largest absolute Gasteiger partial charge is 0.375 e. The Morgan fingerprint density at radius 3 is 2.42 bits per heavy atom. The first-order valence-electron chi connectivity index (χ1n) is 8.12. The highest BCUT2D eigenvalue weighted by molar-refractivity contribution is 5.97. The van der Waals surface area contributed by atoms with Crippen LogP contribution in [0.4, 0.5) is 5.69 Å². The molecule has 0 unspecified atom stereocenters. The van der Waals surface area contributed by atoms with Crippen molar-refractivity contribution in [2.75, 3.05) is 31.6 Å². The maximum Gasteiger partial charge on any atom is 0.253 e. The van der Waals surface area contributed by atoms with E-state index in [1.165, 1.54) is 0 Å². The van der Waals surface area contributed by atoms with Crippen LogP contribution in [0, 0.1) is 0 Å². The van der Waals surface area contributed by atoms with E-state index in [0.29, 0.717) is 37.5 Å². The summed E-state index contributed by atoms with van der Waals surface area (Å²) in [5.41, 5.74) is 1.30. The fraction of sp³-hybridized carbons (Fsp3) is 0.529. The van der Waals surface area contributed by atoms with Gasteiger partial charge in [-0.3, -0.25) is 9.59 Å². The average molecular weight is 356 g/mol. The van der Waals surface area contributed by atoms with Crippen LogP contribution in [0.2, 0.25) is 0 Å². The summed E-state index contributed by atoms with van der Waals surface area (Å²) in [7, 11) is 0. The van der Waals surface area contributed by atoms with E-state index in [1.807, 2.05) is 20.8 Å². The number of nitrogens with zero attached hydrogens (tertiary/aromatic N) is 1. The van der Waals surface area contributed by atoms with Gasteiger partial charge in [0.1, 0.15) is 6.04 Å². The van der Waals surface area contributed by atoms with Crippen molar-refractivity contribution < 1.29 is 14.3 Å². The van der Waals surface area contributed by atoms with Crippen LogP contribution in [0.15, 0.2) is 24.3 Å². The molecule has 0 radical (unpaired) electrons. The van der Waals surface area contributed by atoms with Crippen LogP contribution in [-0.4, -0.2) is 55.1 Å². The number of ether oxygens (including phenoxy) is 1. The van der Waals surface area contributed by atoms with E-state index in [0.717, 1.165) is 0 Å². The van der Waals surface area contributed by atoms with Crippen molar-refractivity contribution in [1.82, 2.24) is 10.2 Å². The molecule has 1 fully saturated rings. The zero-order valence-electron chi connectivity index (χ0n) is 14.4. The number of hydrogen-bond donors (Lipinski definition) is 2. The molecule has 1 aromatic rings. The summed E-state index contributed by atoms with van der Waals surface area (Å²) in [6.45, 7) is 8.43. The normalized spacial score (nSPS) is 20.0. The van der Waals surface area contributed by atoms with Crippen LogP contribution >= 0.6 is 12.4 Å². The summed E-state index contributed by atoms with van der Waals surface area (Å²) in [6, 6.07) is 6.63. The first-order chi connectivity index (χ1) is 11.1. The van der Waals surface area contributed by atoms with Crippen molar-refractivity contribution in [3.63, 3.8) is 0 Å². The molecule has 1 aromatic carbocycles. The van der Waals surface area contributed by atoms with Crippen molar-refractivity contribution in [3.8, 4) is 0 Å². The van der Waals surface area contributed by atoms with Crippen molar-refractivity contribution in [2.24, 2.45) is 0 Å². The summed E-state index contributed by atoms with van der Waals surface area (Å²) in [4.78, 5) is 26.3. The molecule has 1 saturated heterocycles. The van der Waals surface area contributed by atoms with Gasteiger partial charge >= 0.3 is 0 Å². The molecule has 1 aliphatic heterocycles. The number of benzene rings is 1. The first kappa shape index (κ1) is 20.4. The number of nitrogens with one attached hydrogen (secondary N) is 2. The van der Waals surface area contributed by atoms with E-state index in [-0.39, 0.29) is 36.4 Å². The van der Waals surface area contributed by atoms with Gasteiger partial charge in [0.05, 0.1) is 12.7 Å². The Balaban J connectivity index is 0.00000288. The number of rotatable bonds is 5. The molecule has 0 aliphatic carbocycles. The van der Waals surface area contributed by atoms with E-state index in [2.05, 4.69) is 10.6 Å². The molecule has 24 heavy (non-hydrogen) atoms. The number of morpholine rings is 1. The van der Waals surface area contributed by atoms with Gasteiger partial charge in [0.15, 0.2) is 0 Å². The standard InChI is InChI=1S/C17H25N3O3.ClH/c1-4-20(5-2)17(22)13-6-8-14(9-7-13)19-16(21)15-12(3)23-11-10-18-15;/h6-9,12,15,18H,4-5,10-11H2,1-3H3,(H,19,21);1H/t12-,15+;/m1./s1. The smallest absolute Gasteiger partial charge is 0.253 e. The molecule has 1 heterocycles. The molecule has 1 aliphatic rings. The van der Waals surface area contributed by atoms with Gasteiger partial charge in [-0.2, -0.15) is 0 Å². The Bertz CT molecular complexity index is 547. The lowest BCUT2D eigenvalue weighted by molar-refractivity contribution is -0.123. The topological polar surface area (TPSA) is 70.7 Å². The Hall–Kier alpha value is -1.63. The van der Waals surface area contributed by atoms with E-state index in [1.54, 1.807) is 29.2 Å². The number of hydrogen-bond acceptors (Lipinski definition) is 4. The molecule has 0 bridgehead atoms. The van der Waals surface area contributed by atoms with Gasteiger partial charge in [0, 0.05) is 30.9 Å². The van der Waals surface area contributed by atoms with Crippen molar-refractivity contribution >= 4 is 29.9 Å². The lowest BCUT2D eigenvalue weighted by Gasteiger charge is -2.29. The van der Waals surface area contributed by atoms with Crippen LogP contribution in [0.5, 0.6) is 0 Å². The van der Waals surface area contributed by atoms with Crippen LogP contribution in [0.25, 0.3) is 0 Å². The van der Waals surface area contributed by atoms with E-state index in [4.69, 9.17) is 4.74 Å². The first-order valence-corrected chi connectivity index (χ1v) is 8.12. The zero-order valence-corrected chi connectivity index (χ0v) is 15.2. The third kappa shape index (κ3) is 4.93. The van der Waals surface area contributed by atoms with E-state index >= 15 is 0 Å². The van der Waals surface area contributed by atoms with Gasteiger partial charge in [-0.15, -0.1) is 12.4 Å². The summed E-state index contributed by atoms with van der Waals surface area (Å²) in [5.74, 6) is -0.121. The zero-order chi connectivity index (χ0) is 16.8. The highest BCUT2D eigenvalue weighted by Crippen LogP contribution is 2.13. The highest BCUT2D eigenvalue weighted by atomic mass is 35.5. The van der Waals surface area contributed by atoms with Crippen LogP contribution < -0.4 is 10.6 Å². The maximum absolute atomic E-state index is 12.3. The van der Waals surface area contributed by atoms with Crippen LogP contribution in [0.3, 0.4) is 0 Å². The van der Waals surface area contributed by atoms with E-state index in [9.17, 15) is 9.59 Å². The number of carbonyl (C=O) groups excluding carboxylic acids is 2. The van der Waals surface area contributed by atoms with Gasteiger partial charge in [0.2, 0.25) is 5.91 Å². The molecule has 7 heteroatoms. The molecular formula is C17H26ClN3O3. The number of amides is 2. The lowest BCUT2D eigenvalue weighted by Crippen LogP contribution is -2.53. The minimum atomic E-state index is -0.360. The summed E-state index contributed by atoms with van der Waals surface area (Å²) < 4.78 is 5.48. The molecule has 2 amide bonds. The van der Waals surface area contributed by atoms with Crippen LogP contribution in [-0.2, 0) is 9.53 Å². The summed E-state index contributed by atoms with van der Waals surface area (Å²) in [5, 5.41) is 6.01. The predicted molar refractivity (Wildman–Crippen MR) is 96.8 cm³/mol. The van der Waals surface area contributed by atoms with Crippen molar-refractivity contribution in [3.05, 3.63) is 29.8 Å². The second kappa shape index (κ2) is 9.61. The monoisotopic (exact) mass is 355 g/mol. The predicted octanol–water partition coefficient (Wildman–Crippen LogP) is 1.91. The van der Waals surface area contributed by atoms with Gasteiger partial charge in [-0.25, -0.2) is 0 Å². The SMILES string of the molecule is CCN(CC)C(=O)c1ccc(NC(=O)[C@H]2NCCO[C@@H]2C)cc1.Cl. The average Bonchev–Trinajstić information content (AvgIpc) is 2.57. The Morgan fingerprint density at radius 2 is 1.88 bits per heavy atom. The number of anilines is 1. The van der Waals surface area contributed by atoms with Gasteiger partial charge in [0.25, 0.3) is 5.91 Å². The Kier molecular flexibility index (Phi) is 8.18. The Morgan fingerprint density at radius 1 is 1.25 bits per heavy atom. The minimum absolute atomic E-state index is 0. The minimum Gasteiger partial charge on any atom is -0.375 e. The third-order valence-corrected chi connectivity index (χ3v) is 4.05. The molecule has 0 aromatic heterocycles. The van der Waals surface area contributed by atoms with Crippen LogP contribution in [0.1, 0.15) is 31.1 Å². The quantitative estimate of drug-likeness (QED) is 0.846. The van der Waals surface area contributed by atoms with Gasteiger partial charge in [-0.1, -0.05) is 0 Å². The maximum atomic E-state index is 12.3. The highest BCUT2D eigenvalue weighted by Gasteiger charge is 2.28. The molecule has 6 nitrogen and oxygen atoms in total. The fourth-order valence-electron chi connectivity index (χ4n) is 2.64. The second-order valence-electron chi connectivity index (χ2n) is 5.55. The van der Waals surface area contributed by atoms with Crippen molar-refractivity contribution in [2.45, 2.75) is 32.9 Å².